The van der Waals surface area contributed by atoms with E-state index in [-0.39, 0.29) is 5.92 Å². The zero-order valence-electron chi connectivity index (χ0n) is 10.5. The van der Waals surface area contributed by atoms with Crippen molar-refractivity contribution in [1.82, 2.24) is 0 Å². The molecule has 0 heterocycles. The van der Waals surface area contributed by atoms with Gasteiger partial charge in [0.25, 0.3) is 0 Å². The first-order valence-electron chi connectivity index (χ1n) is 5.61. The standard InChI is InChI=1S/C14H22O/c1-10(2)14(5,15)9-13-8-11(3)6-7-12(13)4/h6-8,10,15H,9H2,1-5H3. The van der Waals surface area contributed by atoms with Gasteiger partial charge in [-0.3, -0.25) is 0 Å². The van der Waals surface area contributed by atoms with Crippen molar-refractivity contribution in [2.24, 2.45) is 5.92 Å². The zero-order chi connectivity index (χ0) is 11.6. The number of aliphatic hydroxyl groups is 1. The fraction of sp³-hybridized carbons (Fsp3) is 0.571. The van der Waals surface area contributed by atoms with Gasteiger partial charge < -0.3 is 5.11 Å². The van der Waals surface area contributed by atoms with Gasteiger partial charge in [-0.05, 0) is 37.8 Å². The van der Waals surface area contributed by atoms with Crippen molar-refractivity contribution in [1.29, 1.82) is 0 Å². The van der Waals surface area contributed by atoms with E-state index in [4.69, 9.17) is 0 Å². The van der Waals surface area contributed by atoms with Crippen molar-refractivity contribution in [3.63, 3.8) is 0 Å². The van der Waals surface area contributed by atoms with Crippen LogP contribution in [0.2, 0.25) is 0 Å². The van der Waals surface area contributed by atoms with Gasteiger partial charge in [0.05, 0.1) is 5.60 Å². The normalized spacial score (nSPS) is 15.4. The van der Waals surface area contributed by atoms with Crippen LogP contribution in [0.1, 0.15) is 37.5 Å². The van der Waals surface area contributed by atoms with Gasteiger partial charge in [-0.1, -0.05) is 37.6 Å². The molecule has 0 saturated heterocycles. The van der Waals surface area contributed by atoms with E-state index in [0.29, 0.717) is 0 Å². The Morgan fingerprint density at radius 3 is 2.40 bits per heavy atom. The van der Waals surface area contributed by atoms with E-state index in [2.05, 4.69) is 45.9 Å². The van der Waals surface area contributed by atoms with E-state index in [1.54, 1.807) is 0 Å². The summed E-state index contributed by atoms with van der Waals surface area (Å²) in [5, 5.41) is 10.3. The van der Waals surface area contributed by atoms with E-state index in [0.717, 1.165) is 6.42 Å². The maximum atomic E-state index is 10.3. The lowest BCUT2D eigenvalue weighted by atomic mass is 9.84. The molecule has 1 rings (SSSR count). The lowest BCUT2D eigenvalue weighted by Gasteiger charge is -2.28. The molecular formula is C14H22O. The maximum Gasteiger partial charge on any atom is 0.0682 e. The third-order valence-corrected chi connectivity index (χ3v) is 3.30. The molecule has 1 aromatic rings. The third kappa shape index (κ3) is 3.07. The molecule has 0 bridgehead atoms. The molecule has 0 saturated carbocycles. The molecule has 1 atom stereocenters. The molecule has 0 aliphatic heterocycles. The number of hydrogen-bond acceptors (Lipinski definition) is 1. The summed E-state index contributed by atoms with van der Waals surface area (Å²) in [5.74, 6) is 0.275. The average Bonchev–Trinajstić information content (AvgIpc) is 2.10. The molecule has 1 nitrogen and oxygen atoms in total. The first-order valence-corrected chi connectivity index (χ1v) is 5.61. The summed E-state index contributed by atoms with van der Waals surface area (Å²) in [6.45, 7) is 10.2. The molecule has 15 heavy (non-hydrogen) atoms. The quantitative estimate of drug-likeness (QED) is 0.805. The van der Waals surface area contributed by atoms with Crippen molar-refractivity contribution in [2.75, 3.05) is 0 Å². The minimum atomic E-state index is -0.613. The molecule has 0 aliphatic carbocycles. The Labute approximate surface area is 93.1 Å². The number of rotatable bonds is 3. The van der Waals surface area contributed by atoms with Crippen LogP contribution in [-0.4, -0.2) is 10.7 Å². The van der Waals surface area contributed by atoms with Gasteiger partial charge in [-0.25, -0.2) is 0 Å². The molecule has 1 heteroatoms. The highest BCUT2D eigenvalue weighted by atomic mass is 16.3. The lowest BCUT2D eigenvalue weighted by Crippen LogP contribution is -2.33. The topological polar surface area (TPSA) is 20.2 Å². The number of benzene rings is 1. The van der Waals surface area contributed by atoms with Crippen LogP contribution in [0, 0.1) is 19.8 Å². The second kappa shape index (κ2) is 4.36. The predicted octanol–water partition coefficient (Wildman–Crippen LogP) is 3.25. The Kier molecular flexibility index (Phi) is 3.56. The molecule has 0 amide bonds. The molecule has 0 aromatic heterocycles. The predicted molar refractivity (Wildman–Crippen MR) is 65.1 cm³/mol. The average molecular weight is 206 g/mol. The van der Waals surface area contributed by atoms with Gasteiger partial charge in [0, 0.05) is 6.42 Å². The Balaban J connectivity index is 2.94. The Morgan fingerprint density at radius 1 is 1.27 bits per heavy atom. The number of aryl methyl sites for hydroxylation is 2. The van der Waals surface area contributed by atoms with Crippen LogP contribution in [0.4, 0.5) is 0 Å². The highest BCUT2D eigenvalue weighted by molar-refractivity contribution is 5.31. The summed E-state index contributed by atoms with van der Waals surface area (Å²) in [5.41, 5.74) is 3.17. The van der Waals surface area contributed by atoms with Crippen LogP contribution in [0.15, 0.2) is 18.2 Å². The summed E-state index contributed by atoms with van der Waals surface area (Å²) >= 11 is 0. The van der Waals surface area contributed by atoms with Gasteiger partial charge >= 0.3 is 0 Å². The summed E-state index contributed by atoms with van der Waals surface area (Å²) < 4.78 is 0. The minimum absolute atomic E-state index is 0.275. The molecule has 1 unspecified atom stereocenters. The molecule has 0 fully saturated rings. The minimum Gasteiger partial charge on any atom is -0.390 e. The fourth-order valence-corrected chi connectivity index (χ4v) is 1.58. The van der Waals surface area contributed by atoms with Crippen LogP contribution < -0.4 is 0 Å². The second-order valence-electron chi connectivity index (χ2n) is 5.12. The fourth-order valence-electron chi connectivity index (χ4n) is 1.58. The first-order chi connectivity index (χ1) is 6.83. The Morgan fingerprint density at radius 2 is 1.87 bits per heavy atom. The van der Waals surface area contributed by atoms with Gasteiger partial charge in [0.15, 0.2) is 0 Å². The third-order valence-electron chi connectivity index (χ3n) is 3.30. The van der Waals surface area contributed by atoms with Crippen molar-refractivity contribution >= 4 is 0 Å². The highest BCUT2D eigenvalue weighted by Gasteiger charge is 2.25. The molecule has 0 radical (unpaired) electrons. The Hall–Kier alpha value is -0.820. The molecule has 84 valence electrons. The van der Waals surface area contributed by atoms with E-state index in [9.17, 15) is 5.11 Å². The number of hydrogen-bond donors (Lipinski definition) is 1. The van der Waals surface area contributed by atoms with Crippen LogP contribution in [0.25, 0.3) is 0 Å². The monoisotopic (exact) mass is 206 g/mol. The van der Waals surface area contributed by atoms with Gasteiger partial charge in [-0.15, -0.1) is 0 Å². The second-order valence-corrected chi connectivity index (χ2v) is 5.12. The summed E-state index contributed by atoms with van der Waals surface area (Å²) in [6, 6.07) is 6.41. The summed E-state index contributed by atoms with van der Waals surface area (Å²) in [7, 11) is 0. The molecular weight excluding hydrogens is 184 g/mol. The van der Waals surface area contributed by atoms with Gasteiger partial charge in [0.1, 0.15) is 0 Å². The van der Waals surface area contributed by atoms with E-state index in [1.165, 1.54) is 16.7 Å². The van der Waals surface area contributed by atoms with E-state index < -0.39 is 5.60 Å². The van der Waals surface area contributed by atoms with Crippen LogP contribution in [0.5, 0.6) is 0 Å². The maximum absolute atomic E-state index is 10.3. The van der Waals surface area contributed by atoms with E-state index >= 15 is 0 Å². The van der Waals surface area contributed by atoms with Crippen molar-refractivity contribution < 1.29 is 5.11 Å². The van der Waals surface area contributed by atoms with Gasteiger partial charge in [-0.2, -0.15) is 0 Å². The lowest BCUT2D eigenvalue weighted by molar-refractivity contribution is 0.0138. The van der Waals surface area contributed by atoms with Crippen molar-refractivity contribution in [2.45, 2.75) is 46.6 Å². The highest BCUT2D eigenvalue weighted by Crippen LogP contribution is 2.24. The molecule has 0 spiro atoms. The van der Waals surface area contributed by atoms with E-state index in [1.807, 2.05) is 6.92 Å². The van der Waals surface area contributed by atoms with Crippen LogP contribution in [-0.2, 0) is 6.42 Å². The van der Waals surface area contributed by atoms with Crippen molar-refractivity contribution in [3.8, 4) is 0 Å². The first kappa shape index (κ1) is 12.3. The van der Waals surface area contributed by atoms with Crippen LogP contribution >= 0.6 is 0 Å². The molecule has 1 aromatic carbocycles. The van der Waals surface area contributed by atoms with Crippen LogP contribution in [0.3, 0.4) is 0 Å². The SMILES string of the molecule is Cc1ccc(C)c(CC(C)(O)C(C)C)c1. The zero-order valence-corrected chi connectivity index (χ0v) is 10.5. The summed E-state index contributed by atoms with van der Waals surface area (Å²) in [6.07, 6.45) is 0.734. The van der Waals surface area contributed by atoms with Crippen molar-refractivity contribution in [3.05, 3.63) is 34.9 Å². The smallest absolute Gasteiger partial charge is 0.0682 e. The summed E-state index contributed by atoms with van der Waals surface area (Å²) in [4.78, 5) is 0. The largest absolute Gasteiger partial charge is 0.390 e. The van der Waals surface area contributed by atoms with Gasteiger partial charge in [0.2, 0.25) is 0 Å². The molecule has 1 N–H and O–H groups in total. The molecule has 0 aliphatic rings. The Bertz CT molecular complexity index is 337.